The predicted molar refractivity (Wildman–Crippen MR) is 121 cm³/mol. The lowest BCUT2D eigenvalue weighted by Crippen LogP contribution is -2.18. The van der Waals surface area contributed by atoms with Gasteiger partial charge in [-0.2, -0.15) is 5.10 Å². The Balaban J connectivity index is 1.74. The molecule has 0 saturated carbocycles. The van der Waals surface area contributed by atoms with E-state index in [0.717, 1.165) is 11.3 Å². The Morgan fingerprint density at radius 2 is 2.16 bits per heavy atom. The molecule has 3 aromatic rings. The zero-order valence-electron chi connectivity index (χ0n) is 17.9. The molecule has 3 rings (SSSR count). The fourth-order valence-electron chi connectivity index (χ4n) is 2.72. The number of amides is 1. The summed E-state index contributed by atoms with van der Waals surface area (Å²) in [5, 5.41) is 25.4. The van der Waals surface area contributed by atoms with Crippen LogP contribution in [-0.2, 0) is 4.74 Å². The molecule has 3 N–H and O–H groups in total. The van der Waals surface area contributed by atoms with Crippen molar-refractivity contribution < 1.29 is 19.7 Å². The second-order valence-electron chi connectivity index (χ2n) is 7.07. The zero-order chi connectivity index (χ0) is 23.1. The highest BCUT2D eigenvalue weighted by Gasteiger charge is 2.15. The maximum Gasteiger partial charge on any atom is 0.277 e. The van der Waals surface area contributed by atoms with Gasteiger partial charge in [0, 0.05) is 5.69 Å². The lowest BCUT2D eigenvalue weighted by atomic mass is 10.2. The number of imidazole rings is 1. The Kier molecular flexibility index (Phi) is 7.48. The van der Waals surface area contributed by atoms with Crippen LogP contribution in [0.4, 0.5) is 5.82 Å². The molecule has 9 nitrogen and oxygen atoms in total. The van der Waals surface area contributed by atoms with Crippen molar-refractivity contribution in [2.24, 2.45) is 0 Å². The van der Waals surface area contributed by atoms with Crippen molar-refractivity contribution in [3.05, 3.63) is 84.2 Å². The van der Waals surface area contributed by atoms with Gasteiger partial charge in [-0.15, -0.1) is 0 Å². The smallest absolute Gasteiger partial charge is 0.277 e. The van der Waals surface area contributed by atoms with Crippen LogP contribution in [0.25, 0.3) is 11.2 Å². The van der Waals surface area contributed by atoms with E-state index in [1.165, 1.54) is 10.7 Å². The fourth-order valence-corrected chi connectivity index (χ4v) is 2.72. The molecule has 1 amide bonds. The van der Waals surface area contributed by atoms with E-state index in [2.05, 4.69) is 27.0 Å². The first-order chi connectivity index (χ1) is 15.4. The highest BCUT2D eigenvalue weighted by molar-refractivity contribution is 6.02. The minimum atomic E-state index is -0.948. The molecule has 0 spiro atoms. The molecule has 9 heteroatoms. The van der Waals surface area contributed by atoms with Gasteiger partial charge in [-0.05, 0) is 49.8 Å². The number of nitrogens with one attached hydrogen (secondary N) is 1. The number of nitrogens with zero attached hydrogens (tertiary/aromatic N) is 4. The molecule has 3 heterocycles. The number of aliphatic hydroxyl groups excluding tert-OH is 2. The van der Waals surface area contributed by atoms with E-state index in [1.807, 2.05) is 38.1 Å². The van der Waals surface area contributed by atoms with Crippen molar-refractivity contribution in [3.63, 3.8) is 0 Å². The van der Waals surface area contributed by atoms with Crippen molar-refractivity contribution in [2.45, 2.75) is 20.0 Å². The molecule has 0 saturated heterocycles. The van der Waals surface area contributed by atoms with Gasteiger partial charge in [0.05, 0.1) is 18.5 Å². The Hall–Kier alpha value is -3.82. The Morgan fingerprint density at radius 1 is 1.34 bits per heavy atom. The molecular formula is C23H25N5O4. The SMILES string of the molecule is C=C(/C=C\C=C(/C)c1ccc2ncc(C(=O)Nc3cccc(C)n3)n2n1)OC[C@H](O)CO. The van der Waals surface area contributed by atoms with Crippen LogP contribution in [0.5, 0.6) is 0 Å². The number of pyridine rings is 1. The fraction of sp³-hybridized carbons (Fsp3) is 0.217. The molecule has 166 valence electrons. The number of carbonyl (C=O) groups excluding carboxylic acids is 1. The van der Waals surface area contributed by atoms with Gasteiger partial charge in [-0.3, -0.25) is 4.79 Å². The van der Waals surface area contributed by atoms with Gasteiger partial charge in [0.2, 0.25) is 0 Å². The van der Waals surface area contributed by atoms with Crippen LogP contribution in [-0.4, -0.2) is 55.0 Å². The first-order valence-electron chi connectivity index (χ1n) is 9.93. The van der Waals surface area contributed by atoms with Gasteiger partial charge in [0.15, 0.2) is 11.3 Å². The number of aromatic nitrogens is 4. The molecule has 32 heavy (non-hydrogen) atoms. The van der Waals surface area contributed by atoms with Crippen LogP contribution < -0.4 is 5.32 Å². The molecule has 0 aliphatic heterocycles. The standard InChI is InChI=1S/C23H25N5O4/c1-15(6-4-8-17(3)32-14-18(30)13-29)19-10-11-22-24-12-20(28(22)27-19)23(31)26-21-9-5-7-16(2)25-21/h4-12,18,29-30H,3,13-14H2,1-2H3,(H,25,26,31)/b8-4-,15-6+/t18-/m1/s1. The number of carbonyl (C=O) groups is 1. The second kappa shape index (κ2) is 10.5. The van der Waals surface area contributed by atoms with E-state index in [1.54, 1.807) is 24.3 Å². The van der Waals surface area contributed by atoms with Gasteiger partial charge in [0.25, 0.3) is 5.91 Å². The largest absolute Gasteiger partial charge is 0.491 e. The van der Waals surface area contributed by atoms with Crippen LogP contribution >= 0.6 is 0 Å². The number of hydrogen-bond donors (Lipinski definition) is 3. The number of rotatable bonds is 9. The highest BCUT2D eigenvalue weighted by Crippen LogP contribution is 2.15. The summed E-state index contributed by atoms with van der Waals surface area (Å²) in [6, 6.07) is 8.98. The van der Waals surface area contributed by atoms with Gasteiger partial charge in [-0.25, -0.2) is 14.5 Å². The average molecular weight is 435 g/mol. The molecule has 0 fully saturated rings. The monoisotopic (exact) mass is 435 g/mol. The van der Waals surface area contributed by atoms with E-state index in [9.17, 15) is 9.90 Å². The summed E-state index contributed by atoms with van der Waals surface area (Å²) < 4.78 is 6.72. The lowest BCUT2D eigenvalue weighted by molar-refractivity contribution is 0.0332. The molecule has 0 aromatic carbocycles. The van der Waals surface area contributed by atoms with E-state index < -0.39 is 6.10 Å². The zero-order valence-corrected chi connectivity index (χ0v) is 17.9. The molecule has 0 unspecified atom stereocenters. The average Bonchev–Trinajstić information content (AvgIpc) is 3.20. The van der Waals surface area contributed by atoms with E-state index in [-0.39, 0.29) is 24.8 Å². The van der Waals surface area contributed by atoms with Crippen molar-refractivity contribution >= 4 is 22.9 Å². The van der Waals surface area contributed by atoms with Crippen molar-refractivity contribution in [1.29, 1.82) is 0 Å². The third kappa shape index (κ3) is 5.87. The molecule has 0 aliphatic carbocycles. The molecular weight excluding hydrogens is 410 g/mol. The van der Waals surface area contributed by atoms with Crippen molar-refractivity contribution in [3.8, 4) is 0 Å². The van der Waals surface area contributed by atoms with Gasteiger partial charge in [0.1, 0.15) is 24.3 Å². The maximum absolute atomic E-state index is 12.7. The summed E-state index contributed by atoms with van der Waals surface area (Å²) in [7, 11) is 0. The van der Waals surface area contributed by atoms with Gasteiger partial charge >= 0.3 is 0 Å². The quantitative estimate of drug-likeness (QED) is 0.349. The lowest BCUT2D eigenvalue weighted by Gasteiger charge is -2.09. The minimum absolute atomic E-state index is 0.0376. The Morgan fingerprint density at radius 3 is 2.91 bits per heavy atom. The van der Waals surface area contributed by atoms with Gasteiger partial charge in [-0.1, -0.05) is 24.8 Å². The summed E-state index contributed by atoms with van der Waals surface area (Å²) in [4.78, 5) is 21.3. The number of aliphatic hydroxyl groups is 2. The summed E-state index contributed by atoms with van der Waals surface area (Å²) >= 11 is 0. The summed E-state index contributed by atoms with van der Waals surface area (Å²) in [5.74, 6) is 0.444. The minimum Gasteiger partial charge on any atom is -0.491 e. The van der Waals surface area contributed by atoms with Crippen LogP contribution in [0, 0.1) is 6.92 Å². The van der Waals surface area contributed by atoms with Crippen LogP contribution in [0.15, 0.2) is 67.1 Å². The molecule has 3 aromatic heterocycles. The van der Waals surface area contributed by atoms with Gasteiger partial charge < -0.3 is 20.3 Å². The predicted octanol–water partition coefficient (Wildman–Crippen LogP) is 2.53. The normalized spacial score (nSPS) is 12.8. The Bertz CT molecular complexity index is 1180. The number of hydrogen-bond acceptors (Lipinski definition) is 7. The number of fused-ring (bicyclic) bond motifs is 1. The van der Waals surface area contributed by atoms with E-state index in [4.69, 9.17) is 9.84 Å². The summed E-state index contributed by atoms with van der Waals surface area (Å²) in [6.07, 6.45) is 5.71. The van der Waals surface area contributed by atoms with Crippen LogP contribution in [0.2, 0.25) is 0 Å². The van der Waals surface area contributed by atoms with Crippen LogP contribution in [0.3, 0.4) is 0 Å². The first-order valence-corrected chi connectivity index (χ1v) is 9.93. The van der Waals surface area contributed by atoms with Crippen molar-refractivity contribution in [1.82, 2.24) is 19.6 Å². The molecule has 0 aliphatic rings. The third-order valence-electron chi connectivity index (χ3n) is 4.43. The summed E-state index contributed by atoms with van der Waals surface area (Å²) in [6.45, 7) is 7.04. The first kappa shape index (κ1) is 22.9. The van der Waals surface area contributed by atoms with Crippen molar-refractivity contribution in [2.75, 3.05) is 18.5 Å². The summed E-state index contributed by atoms with van der Waals surface area (Å²) in [5.41, 5.74) is 3.13. The molecule has 1 atom stereocenters. The number of aryl methyl sites for hydroxylation is 1. The molecule has 0 bridgehead atoms. The third-order valence-corrected chi connectivity index (χ3v) is 4.43. The number of allylic oxidation sites excluding steroid dienone is 4. The second-order valence-corrected chi connectivity index (χ2v) is 7.07. The Labute approximate surface area is 185 Å². The maximum atomic E-state index is 12.7. The topological polar surface area (TPSA) is 122 Å². The van der Waals surface area contributed by atoms with Crippen LogP contribution in [0.1, 0.15) is 28.8 Å². The number of ether oxygens (including phenoxy) is 1. The highest BCUT2D eigenvalue weighted by atomic mass is 16.5. The van der Waals surface area contributed by atoms with E-state index in [0.29, 0.717) is 22.9 Å². The number of anilines is 1. The van der Waals surface area contributed by atoms with E-state index >= 15 is 0 Å². The molecule has 0 radical (unpaired) electrons.